The van der Waals surface area contributed by atoms with Crippen LogP contribution in [-0.4, -0.2) is 19.7 Å². The van der Waals surface area contributed by atoms with Crippen LogP contribution >= 0.6 is 0 Å². The summed E-state index contributed by atoms with van der Waals surface area (Å²) < 4.78 is 84.8. The van der Waals surface area contributed by atoms with Crippen molar-refractivity contribution in [1.82, 2.24) is 19.7 Å². The van der Waals surface area contributed by atoms with E-state index in [1.807, 2.05) is 6.92 Å². The average Bonchev–Trinajstić information content (AvgIpc) is 3.42. The second kappa shape index (κ2) is 9.30. The highest BCUT2D eigenvalue weighted by Crippen LogP contribution is 2.38. The van der Waals surface area contributed by atoms with E-state index < -0.39 is 41.3 Å². The Balaban J connectivity index is 1.63. The normalized spacial score (nSPS) is 11.9. The third kappa shape index (κ3) is 4.89. The Kier molecular flexibility index (Phi) is 6.14. The maximum atomic E-state index is 14.5. The van der Waals surface area contributed by atoms with E-state index in [-0.39, 0.29) is 16.6 Å². The Hall–Kier alpha value is -4.28. The average molecular weight is 515 g/mol. The molecule has 37 heavy (non-hydrogen) atoms. The SMILES string of the molecule is Cc1ncc(CNc2cccc(-c3c4cccc(C(F)(F)F)c4nn3Cc3c(F)cc(F)cc3F)c2)[nH]1. The summed E-state index contributed by atoms with van der Waals surface area (Å²) in [7, 11) is 0. The van der Waals surface area contributed by atoms with Crippen molar-refractivity contribution in [2.24, 2.45) is 0 Å². The Labute approximate surface area is 206 Å². The van der Waals surface area contributed by atoms with E-state index >= 15 is 0 Å². The molecule has 0 aliphatic rings. The Morgan fingerprint density at radius 3 is 2.38 bits per heavy atom. The van der Waals surface area contributed by atoms with Gasteiger partial charge in [0.25, 0.3) is 0 Å². The number of nitrogens with zero attached hydrogens (tertiary/aromatic N) is 3. The van der Waals surface area contributed by atoms with Crippen LogP contribution in [0.4, 0.5) is 32.0 Å². The van der Waals surface area contributed by atoms with Crippen LogP contribution in [0.15, 0.2) is 60.8 Å². The molecule has 0 bridgehead atoms. The number of aromatic amines is 1. The van der Waals surface area contributed by atoms with Crippen molar-refractivity contribution in [1.29, 1.82) is 0 Å². The first-order valence-corrected chi connectivity index (χ1v) is 11.1. The molecule has 0 radical (unpaired) electrons. The maximum absolute atomic E-state index is 14.5. The summed E-state index contributed by atoms with van der Waals surface area (Å²) in [5, 5.41) is 7.48. The van der Waals surface area contributed by atoms with E-state index in [9.17, 15) is 26.3 Å². The minimum Gasteiger partial charge on any atom is -0.379 e. The zero-order valence-electron chi connectivity index (χ0n) is 19.3. The molecule has 0 aliphatic heterocycles. The maximum Gasteiger partial charge on any atom is 0.418 e. The quantitative estimate of drug-likeness (QED) is 0.244. The van der Waals surface area contributed by atoms with Gasteiger partial charge in [-0.3, -0.25) is 4.68 Å². The van der Waals surface area contributed by atoms with Gasteiger partial charge in [-0.15, -0.1) is 0 Å². The van der Waals surface area contributed by atoms with E-state index in [1.165, 1.54) is 12.1 Å². The van der Waals surface area contributed by atoms with Gasteiger partial charge in [0.05, 0.1) is 36.2 Å². The van der Waals surface area contributed by atoms with Crippen molar-refractivity contribution >= 4 is 16.6 Å². The molecular weight excluding hydrogens is 496 g/mol. The second-order valence-electron chi connectivity index (χ2n) is 8.48. The van der Waals surface area contributed by atoms with Crippen molar-refractivity contribution in [2.75, 3.05) is 5.32 Å². The first kappa shape index (κ1) is 24.4. The van der Waals surface area contributed by atoms with Crippen molar-refractivity contribution in [3.05, 3.63) is 101 Å². The van der Waals surface area contributed by atoms with Crippen LogP contribution in [0.1, 0.15) is 22.6 Å². The number of anilines is 1. The molecule has 5 nitrogen and oxygen atoms in total. The number of H-pyrrole nitrogens is 1. The van der Waals surface area contributed by atoms with Gasteiger partial charge in [-0.25, -0.2) is 18.2 Å². The highest BCUT2D eigenvalue weighted by molar-refractivity contribution is 5.95. The van der Waals surface area contributed by atoms with E-state index in [1.54, 1.807) is 30.5 Å². The lowest BCUT2D eigenvalue weighted by Crippen LogP contribution is -2.09. The van der Waals surface area contributed by atoms with Gasteiger partial charge >= 0.3 is 6.18 Å². The number of benzene rings is 3. The first-order valence-electron chi connectivity index (χ1n) is 11.1. The summed E-state index contributed by atoms with van der Waals surface area (Å²) in [6.45, 7) is 1.68. The van der Waals surface area contributed by atoms with Crippen LogP contribution in [0.25, 0.3) is 22.2 Å². The number of aromatic nitrogens is 4. The molecule has 11 heteroatoms. The molecule has 0 fully saturated rings. The monoisotopic (exact) mass is 515 g/mol. The standard InChI is InChI=1S/C26H19F6N5/c1-14-33-11-18(35-14)12-34-17-5-2-4-15(8-17)25-19-6-3-7-21(26(30,31)32)24(19)36-37(25)13-20-22(28)9-16(27)10-23(20)29/h2-11,34H,12-13H2,1H3,(H,33,35). The topological polar surface area (TPSA) is 58.5 Å². The molecule has 2 N–H and O–H groups in total. The number of fused-ring (bicyclic) bond motifs is 1. The van der Waals surface area contributed by atoms with Crippen molar-refractivity contribution in [3.63, 3.8) is 0 Å². The predicted octanol–water partition coefficient (Wildman–Crippen LogP) is 6.83. The molecule has 0 unspecified atom stereocenters. The smallest absolute Gasteiger partial charge is 0.379 e. The zero-order chi connectivity index (χ0) is 26.3. The fourth-order valence-corrected chi connectivity index (χ4v) is 4.21. The van der Waals surface area contributed by atoms with Crippen LogP contribution in [-0.2, 0) is 19.3 Å². The number of alkyl halides is 3. The Morgan fingerprint density at radius 1 is 0.973 bits per heavy atom. The van der Waals surface area contributed by atoms with Gasteiger partial charge in [-0.2, -0.15) is 18.3 Å². The molecule has 2 aromatic heterocycles. The molecule has 0 amide bonds. The fraction of sp³-hybridized carbons (Fsp3) is 0.154. The minimum absolute atomic E-state index is 0.152. The van der Waals surface area contributed by atoms with Crippen molar-refractivity contribution in [2.45, 2.75) is 26.2 Å². The summed E-state index contributed by atoms with van der Waals surface area (Å²) in [5.41, 5.74) is 0.314. The molecular formula is C26H19F6N5. The number of halogens is 6. The number of hydrogen-bond donors (Lipinski definition) is 2. The van der Waals surface area contributed by atoms with E-state index in [0.29, 0.717) is 29.9 Å². The molecule has 0 saturated heterocycles. The van der Waals surface area contributed by atoms with E-state index in [4.69, 9.17) is 0 Å². The summed E-state index contributed by atoms with van der Waals surface area (Å²) >= 11 is 0. The van der Waals surface area contributed by atoms with Gasteiger partial charge in [-0.05, 0) is 25.1 Å². The van der Waals surface area contributed by atoms with Crippen LogP contribution in [0, 0.1) is 24.4 Å². The molecule has 0 spiro atoms. The lowest BCUT2D eigenvalue weighted by atomic mass is 10.0. The minimum atomic E-state index is -4.70. The number of nitrogens with one attached hydrogen (secondary N) is 2. The summed E-state index contributed by atoms with van der Waals surface area (Å²) in [5.74, 6) is -2.68. The lowest BCUT2D eigenvalue weighted by molar-refractivity contribution is -0.136. The third-order valence-electron chi connectivity index (χ3n) is 5.86. The van der Waals surface area contributed by atoms with E-state index in [2.05, 4.69) is 20.4 Å². The van der Waals surface area contributed by atoms with Crippen molar-refractivity contribution < 1.29 is 26.3 Å². The summed E-state index contributed by atoms with van der Waals surface area (Å²) in [4.78, 5) is 7.23. The first-order chi connectivity index (χ1) is 17.6. The van der Waals surface area contributed by atoms with E-state index in [0.717, 1.165) is 22.3 Å². The third-order valence-corrected chi connectivity index (χ3v) is 5.86. The molecule has 0 saturated carbocycles. The number of aryl methyl sites for hydroxylation is 1. The van der Waals surface area contributed by atoms with Crippen LogP contribution in [0.2, 0.25) is 0 Å². The second-order valence-corrected chi connectivity index (χ2v) is 8.48. The molecule has 190 valence electrons. The molecule has 5 aromatic rings. The van der Waals surface area contributed by atoms with Gasteiger partial charge in [0.15, 0.2) is 0 Å². The van der Waals surface area contributed by atoms with Gasteiger partial charge in [0.1, 0.15) is 28.8 Å². The van der Waals surface area contributed by atoms with Gasteiger partial charge < -0.3 is 10.3 Å². The molecule has 3 aromatic carbocycles. The Morgan fingerprint density at radius 2 is 1.70 bits per heavy atom. The number of rotatable bonds is 6. The summed E-state index contributed by atoms with van der Waals surface area (Å²) in [6.07, 6.45) is -3.02. The summed E-state index contributed by atoms with van der Waals surface area (Å²) in [6, 6.07) is 11.5. The molecule has 0 atom stereocenters. The fourth-order valence-electron chi connectivity index (χ4n) is 4.21. The predicted molar refractivity (Wildman–Crippen MR) is 126 cm³/mol. The largest absolute Gasteiger partial charge is 0.418 e. The van der Waals surface area contributed by atoms with Crippen LogP contribution < -0.4 is 5.32 Å². The van der Waals surface area contributed by atoms with Gasteiger partial charge in [0.2, 0.25) is 0 Å². The lowest BCUT2D eigenvalue weighted by Gasteiger charge is -2.12. The Bertz CT molecular complexity index is 1580. The molecule has 5 rings (SSSR count). The zero-order valence-corrected chi connectivity index (χ0v) is 19.3. The molecule has 0 aliphatic carbocycles. The van der Waals surface area contributed by atoms with Gasteiger partial charge in [0, 0.05) is 34.3 Å². The number of hydrogen-bond acceptors (Lipinski definition) is 3. The highest BCUT2D eigenvalue weighted by Gasteiger charge is 2.34. The van der Waals surface area contributed by atoms with Gasteiger partial charge in [-0.1, -0.05) is 24.3 Å². The van der Waals surface area contributed by atoms with Crippen molar-refractivity contribution in [3.8, 4) is 11.3 Å². The number of imidazole rings is 1. The highest BCUT2D eigenvalue weighted by atomic mass is 19.4. The van der Waals surface area contributed by atoms with Crippen LogP contribution in [0.5, 0.6) is 0 Å². The van der Waals surface area contributed by atoms with Crippen LogP contribution in [0.3, 0.4) is 0 Å². The molecule has 2 heterocycles.